The van der Waals surface area contributed by atoms with E-state index in [4.69, 9.17) is 18.0 Å². The van der Waals surface area contributed by atoms with Gasteiger partial charge >= 0.3 is 0 Å². The Bertz CT molecular complexity index is 571. The molecular weight excluding hydrogens is 246 g/mol. The number of anilines is 1. The van der Waals surface area contributed by atoms with Crippen molar-refractivity contribution in [2.24, 2.45) is 11.7 Å². The summed E-state index contributed by atoms with van der Waals surface area (Å²) in [6, 6.07) is 7.64. The second kappa shape index (κ2) is 5.22. The summed E-state index contributed by atoms with van der Waals surface area (Å²) < 4.78 is 0. The topological polar surface area (TPSA) is 67.9 Å². The molecule has 6 heteroatoms. The first-order chi connectivity index (χ1) is 8.58. The maximum atomic E-state index is 5.60. The van der Waals surface area contributed by atoms with Crippen molar-refractivity contribution in [2.75, 3.05) is 18.5 Å². The third kappa shape index (κ3) is 2.70. The van der Waals surface area contributed by atoms with Gasteiger partial charge in [0.15, 0.2) is 0 Å². The molecule has 5 nitrogen and oxygen atoms in total. The van der Waals surface area contributed by atoms with Gasteiger partial charge in [-0.2, -0.15) is 0 Å². The van der Waals surface area contributed by atoms with Crippen LogP contribution in [0.5, 0.6) is 0 Å². The van der Waals surface area contributed by atoms with Crippen molar-refractivity contribution in [2.45, 2.75) is 6.92 Å². The molecule has 0 radical (unpaired) electrons. The van der Waals surface area contributed by atoms with Gasteiger partial charge in [-0.1, -0.05) is 31.3 Å². The van der Waals surface area contributed by atoms with Crippen molar-refractivity contribution in [3.63, 3.8) is 0 Å². The molecule has 1 heterocycles. The van der Waals surface area contributed by atoms with E-state index in [0.717, 1.165) is 11.0 Å². The molecule has 2 rings (SSSR count). The fraction of sp³-hybridized carbons (Fsp3) is 0.333. The number of thiocarbonyl (C=S) groups is 1. The molecule has 1 aromatic heterocycles. The Hall–Kier alpha value is -1.82. The lowest BCUT2D eigenvalue weighted by Crippen LogP contribution is -2.32. The van der Waals surface area contributed by atoms with Crippen molar-refractivity contribution in [1.29, 1.82) is 0 Å². The summed E-state index contributed by atoms with van der Waals surface area (Å²) in [6.45, 7) is 2.66. The maximum absolute atomic E-state index is 5.60. The second-order valence-corrected chi connectivity index (χ2v) is 4.76. The Morgan fingerprint density at radius 3 is 2.67 bits per heavy atom. The van der Waals surface area contributed by atoms with E-state index in [9.17, 15) is 0 Å². The van der Waals surface area contributed by atoms with Gasteiger partial charge in [0.1, 0.15) is 5.52 Å². The van der Waals surface area contributed by atoms with Crippen LogP contribution in [0.4, 0.5) is 5.95 Å². The summed E-state index contributed by atoms with van der Waals surface area (Å²) in [5, 5.41) is 8.24. The first-order valence-electron chi connectivity index (χ1n) is 5.68. The summed E-state index contributed by atoms with van der Waals surface area (Å²) in [4.78, 5) is 6.86. The standard InChI is InChI=1S/C12H15N5S/c1-8(11(13)18)7-17(2)12-14-9-5-3-4-6-10(9)15-16-12/h3-6,8H,7H2,1-2H3,(H2,13,18). The first kappa shape index (κ1) is 12.6. The molecule has 1 aromatic carbocycles. The van der Waals surface area contributed by atoms with Crippen LogP contribution in [0.1, 0.15) is 6.92 Å². The van der Waals surface area contributed by atoms with Gasteiger partial charge in [-0.15, -0.1) is 10.2 Å². The zero-order valence-electron chi connectivity index (χ0n) is 10.4. The number of fused-ring (bicyclic) bond motifs is 1. The van der Waals surface area contributed by atoms with Crippen LogP contribution >= 0.6 is 12.2 Å². The third-order valence-electron chi connectivity index (χ3n) is 2.72. The van der Waals surface area contributed by atoms with Gasteiger partial charge in [0.25, 0.3) is 0 Å². The zero-order chi connectivity index (χ0) is 13.1. The van der Waals surface area contributed by atoms with Gasteiger partial charge in [-0.3, -0.25) is 0 Å². The monoisotopic (exact) mass is 261 g/mol. The van der Waals surface area contributed by atoms with Crippen LogP contribution in [0.2, 0.25) is 0 Å². The summed E-state index contributed by atoms with van der Waals surface area (Å²) >= 11 is 4.96. The highest BCUT2D eigenvalue weighted by atomic mass is 32.1. The largest absolute Gasteiger partial charge is 0.393 e. The van der Waals surface area contributed by atoms with E-state index in [1.54, 1.807) is 0 Å². The van der Waals surface area contributed by atoms with E-state index in [1.807, 2.05) is 43.1 Å². The van der Waals surface area contributed by atoms with Crippen LogP contribution in [0.3, 0.4) is 0 Å². The van der Waals surface area contributed by atoms with E-state index in [0.29, 0.717) is 17.5 Å². The van der Waals surface area contributed by atoms with Gasteiger partial charge in [0, 0.05) is 19.5 Å². The lowest BCUT2D eigenvalue weighted by Gasteiger charge is -2.20. The molecule has 0 saturated heterocycles. The maximum Gasteiger partial charge on any atom is 0.245 e. The second-order valence-electron chi connectivity index (χ2n) is 4.28. The highest BCUT2D eigenvalue weighted by Gasteiger charge is 2.12. The quantitative estimate of drug-likeness (QED) is 0.839. The van der Waals surface area contributed by atoms with E-state index < -0.39 is 0 Å². The number of aromatic nitrogens is 3. The lowest BCUT2D eigenvalue weighted by molar-refractivity contribution is 0.721. The molecule has 1 unspecified atom stereocenters. The molecule has 0 aliphatic carbocycles. The van der Waals surface area contributed by atoms with Crippen LogP contribution in [-0.2, 0) is 0 Å². The highest BCUT2D eigenvalue weighted by Crippen LogP contribution is 2.12. The minimum atomic E-state index is 0.111. The van der Waals surface area contributed by atoms with Crippen molar-refractivity contribution < 1.29 is 0 Å². The van der Waals surface area contributed by atoms with Gasteiger partial charge in [0.05, 0.1) is 10.5 Å². The molecule has 0 aliphatic rings. The van der Waals surface area contributed by atoms with Crippen molar-refractivity contribution in [3.8, 4) is 0 Å². The average molecular weight is 261 g/mol. The molecule has 2 N–H and O–H groups in total. The molecule has 94 valence electrons. The Morgan fingerprint density at radius 2 is 2.00 bits per heavy atom. The van der Waals surface area contributed by atoms with Crippen LogP contribution in [0.15, 0.2) is 24.3 Å². The molecule has 1 atom stereocenters. The molecule has 0 aliphatic heterocycles. The number of hydrogen-bond donors (Lipinski definition) is 1. The fourth-order valence-corrected chi connectivity index (χ4v) is 1.69. The van der Waals surface area contributed by atoms with E-state index in [2.05, 4.69) is 15.2 Å². The molecule has 18 heavy (non-hydrogen) atoms. The molecule has 0 saturated carbocycles. The smallest absolute Gasteiger partial charge is 0.245 e. The normalized spacial score (nSPS) is 12.3. The number of nitrogens with two attached hydrogens (primary N) is 1. The minimum absolute atomic E-state index is 0.111. The fourth-order valence-electron chi connectivity index (χ4n) is 1.62. The Balaban J connectivity index is 2.22. The number of hydrogen-bond acceptors (Lipinski definition) is 5. The number of nitrogens with zero attached hydrogens (tertiary/aromatic N) is 4. The van der Waals surface area contributed by atoms with Crippen molar-refractivity contribution >= 4 is 34.2 Å². The highest BCUT2D eigenvalue weighted by molar-refractivity contribution is 7.80. The molecule has 0 spiro atoms. The van der Waals surface area contributed by atoms with Gasteiger partial charge in [-0.05, 0) is 12.1 Å². The van der Waals surface area contributed by atoms with Crippen LogP contribution in [0, 0.1) is 5.92 Å². The third-order valence-corrected chi connectivity index (χ3v) is 3.13. The average Bonchev–Trinajstić information content (AvgIpc) is 2.37. The number of para-hydroxylation sites is 1. The SMILES string of the molecule is CC(CN(C)c1nnc2ccccc2n1)C(N)=S. The lowest BCUT2D eigenvalue weighted by atomic mass is 10.2. The van der Waals surface area contributed by atoms with Crippen molar-refractivity contribution in [1.82, 2.24) is 15.2 Å². The zero-order valence-corrected chi connectivity index (χ0v) is 11.2. The number of rotatable bonds is 4. The van der Waals surface area contributed by atoms with Crippen LogP contribution in [0.25, 0.3) is 11.0 Å². The van der Waals surface area contributed by atoms with E-state index in [1.165, 1.54) is 0 Å². The minimum Gasteiger partial charge on any atom is -0.393 e. The predicted octanol–water partition coefficient (Wildman–Crippen LogP) is 1.38. The summed E-state index contributed by atoms with van der Waals surface area (Å²) in [5.74, 6) is 0.692. The Morgan fingerprint density at radius 1 is 1.33 bits per heavy atom. The van der Waals surface area contributed by atoms with Crippen LogP contribution < -0.4 is 10.6 Å². The molecule has 0 fully saturated rings. The summed E-state index contributed by atoms with van der Waals surface area (Å²) in [7, 11) is 1.90. The van der Waals surface area contributed by atoms with Gasteiger partial charge in [0.2, 0.25) is 5.95 Å². The number of benzene rings is 1. The van der Waals surface area contributed by atoms with E-state index in [-0.39, 0.29) is 5.92 Å². The summed E-state index contributed by atoms with van der Waals surface area (Å²) in [5.41, 5.74) is 7.22. The van der Waals surface area contributed by atoms with Gasteiger partial charge < -0.3 is 10.6 Å². The van der Waals surface area contributed by atoms with E-state index >= 15 is 0 Å². The molecular formula is C12H15N5S. The predicted molar refractivity (Wildman–Crippen MR) is 76.6 cm³/mol. The summed E-state index contributed by atoms with van der Waals surface area (Å²) in [6.07, 6.45) is 0. The molecule has 0 bridgehead atoms. The van der Waals surface area contributed by atoms with Crippen LogP contribution in [-0.4, -0.2) is 33.8 Å². The van der Waals surface area contributed by atoms with Crippen molar-refractivity contribution in [3.05, 3.63) is 24.3 Å². The Kier molecular flexibility index (Phi) is 3.66. The van der Waals surface area contributed by atoms with Gasteiger partial charge in [-0.25, -0.2) is 4.98 Å². The molecule has 0 amide bonds. The Labute approximate surface area is 111 Å². The molecule has 2 aromatic rings. The first-order valence-corrected chi connectivity index (χ1v) is 6.08.